The van der Waals surface area contributed by atoms with Crippen LogP contribution in [0.3, 0.4) is 0 Å². The van der Waals surface area contributed by atoms with Gasteiger partial charge in [0.05, 0.1) is 12.2 Å². The molecule has 0 amide bonds. The van der Waals surface area contributed by atoms with Gasteiger partial charge < -0.3 is 4.90 Å². The number of aromatic nitrogens is 5. The van der Waals surface area contributed by atoms with Crippen molar-refractivity contribution in [2.75, 3.05) is 10.3 Å². The molecule has 106 valence electrons. The molecule has 1 aliphatic rings. The Balaban J connectivity index is 2.24. The molecule has 3 rings (SSSR count). The Kier molecular flexibility index (Phi) is 3.01. The Morgan fingerprint density at radius 2 is 2.25 bits per heavy atom. The van der Waals surface area contributed by atoms with Crippen LogP contribution in [-0.4, -0.2) is 30.8 Å². The third-order valence-corrected chi connectivity index (χ3v) is 3.53. The van der Waals surface area contributed by atoms with E-state index in [1.165, 1.54) is 0 Å². The maximum atomic E-state index is 5.42. The molecule has 3 heterocycles. The van der Waals surface area contributed by atoms with Gasteiger partial charge >= 0.3 is 0 Å². The van der Waals surface area contributed by atoms with Gasteiger partial charge in [0.2, 0.25) is 5.95 Å². The molecule has 0 spiro atoms. The molecule has 3 N–H and O–H groups in total. The van der Waals surface area contributed by atoms with Crippen LogP contribution < -0.4 is 16.2 Å². The molecule has 20 heavy (non-hydrogen) atoms. The van der Waals surface area contributed by atoms with Crippen molar-refractivity contribution in [2.24, 2.45) is 5.84 Å². The molecule has 1 aliphatic heterocycles. The third kappa shape index (κ3) is 1.72. The molecule has 8 heteroatoms. The number of nitrogen functional groups attached to an aromatic ring is 1. The topological polar surface area (TPSA) is 97.8 Å². The SMILES string of the molecule is CC[C@@H]1c2nncn2-c2cnc(NN)nc2N1C(C)C. The van der Waals surface area contributed by atoms with Crippen LogP contribution in [0.15, 0.2) is 12.5 Å². The fourth-order valence-electron chi connectivity index (χ4n) is 2.71. The Morgan fingerprint density at radius 1 is 1.45 bits per heavy atom. The van der Waals surface area contributed by atoms with Gasteiger partial charge in [-0.3, -0.25) is 9.99 Å². The smallest absolute Gasteiger partial charge is 0.239 e. The zero-order chi connectivity index (χ0) is 14.3. The molecule has 0 fully saturated rings. The summed E-state index contributed by atoms with van der Waals surface area (Å²) in [6.07, 6.45) is 4.37. The molecule has 0 radical (unpaired) electrons. The summed E-state index contributed by atoms with van der Waals surface area (Å²) >= 11 is 0. The number of hydrazine groups is 1. The van der Waals surface area contributed by atoms with Crippen LogP contribution in [0.4, 0.5) is 11.8 Å². The molecule has 0 unspecified atom stereocenters. The average molecular weight is 274 g/mol. The lowest BCUT2D eigenvalue weighted by Crippen LogP contribution is -2.40. The third-order valence-electron chi connectivity index (χ3n) is 3.53. The molecule has 0 saturated carbocycles. The minimum atomic E-state index is 0.144. The van der Waals surface area contributed by atoms with Gasteiger partial charge in [-0.05, 0) is 20.3 Å². The highest BCUT2D eigenvalue weighted by Gasteiger charge is 2.34. The van der Waals surface area contributed by atoms with E-state index in [0.29, 0.717) is 5.95 Å². The number of rotatable bonds is 3. The Morgan fingerprint density at radius 3 is 2.90 bits per heavy atom. The summed E-state index contributed by atoms with van der Waals surface area (Å²) in [5.41, 5.74) is 3.38. The summed E-state index contributed by atoms with van der Waals surface area (Å²) in [6, 6.07) is 0.426. The van der Waals surface area contributed by atoms with Gasteiger partial charge in [0.25, 0.3) is 0 Å². The van der Waals surface area contributed by atoms with Crippen LogP contribution >= 0.6 is 0 Å². The molecule has 1 atom stereocenters. The van der Waals surface area contributed by atoms with E-state index in [0.717, 1.165) is 23.8 Å². The van der Waals surface area contributed by atoms with E-state index in [4.69, 9.17) is 5.84 Å². The highest BCUT2D eigenvalue weighted by atomic mass is 15.4. The monoisotopic (exact) mass is 274 g/mol. The number of hydrogen-bond donors (Lipinski definition) is 2. The Bertz CT molecular complexity index is 620. The maximum absolute atomic E-state index is 5.42. The van der Waals surface area contributed by atoms with E-state index in [9.17, 15) is 0 Å². The summed E-state index contributed by atoms with van der Waals surface area (Å²) < 4.78 is 1.95. The van der Waals surface area contributed by atoms with Crippen LogP contribution in [0.25, 0.3) is 5.69 Å². The average Bonchev–Trinajstić information content (AvgIpc) is 2.93. The van der Waals surface area contributed by atoms with Crippen molar-refractivity contribution in [2.45, 2.75) is 39.3 Å². The summed E-state index contributed by atoms with van der Waals surface area (Å²) in [7, 11) is 0. The van der Waals surface area contributed by atoms with E-state index in [1.807, 2.05) is 4.57 Å². The molecule has 0 aliphatic carbocycles. The lowest BCUT2D eigenvalue weighted by molar-refractivity contribution is 0.497. The van der Waals surface area contributed by atoms with Gasteiger partial charge in [0.15, 0.2) is 11.6 Å². The first-order chi connectivity index (χ1) is 9.67. The predicted octanol–water partition coefficient (Wildman–Crippen LogP) is 1.02. The number of fused-ring (bicyclic) bond motifs is 3. The number of nitrogens with one attached hydrogen (secondary N) is 1. The molecule has 0 aromatic carbocycles. The Hall–Kier alpha value is -2.22. The molecular weight excluding hydrogens is 256 g/mol. The van der Waals surface area contributed by atoms with Crippen molar-refractivity contribution < 1.29 is 0 Å². The lowest BCUT2D eigenvalue weighted by Gasteiger charge is -2.39. The highest BCUT2D eigenvalue weighted by Crippen LogP contribution is 2.39. The fourth-order valence-corrected chi connectivity index (χ4v) is 2.71. The van der Waals surface area contributed by atoms with Gasteiger partial charge in [-0.2, -0.15) is 4.98 Å². The molecular formula is C12H18N8. The van der Waals surface area contributed by atoms with Crippen LogP contribution in [0.2, 0.25) is 0 Å². The standard InChI is InChI=1S/C12H18N8/c1-4-8-11-18-15-6-19(11)9-5-14-12(17-13)16-10(9)20(8)7(2)3/h5-8H,4,13H2,1-3H3,(H,14,16,17)/t8-/m1/s1. The van der Waals surface area contributed by atoms with E-state index >= 15 is 0 Å². The van der Waals surface area contributed by atoms with Crippen molar-refractivity contribution in [3.8, 4) is 5.69 Å². The van der Waals surface area contributed by atoms with Crippen molar-refractivity contribution in [3.63, 3.8) is 0 Å². The second kappa shape index (κ2) is 4.71. The maximum Gasteiger partial charge on any atom is 0.239 e. The van der Waals surface area contributed by atoms with Gasteiger partial charge in [0, 0.05) is 6.04 Å². The number of hydrogen-bond acceptors (Lipinski definition) is 7. The first kappa shape index (κ1) is 12.8. The quantitative estimate of drug-likeness (QED) is 0.637. The summed E-state index contributed by atoms with van der Waals surface area (Å²) in [6.45, 7) is 6.40. The number of nitrogens with two attached hydrogens (primary N) is 1. The first-order valence-corrected chi connectivity index (χ1v) is 6.69. The van der Waals surface area contributed by atoms with Crippen LogP contribution in [0.1, 0.15) is 39.1 Å². The van der Waals surface area contributed by atoms with Crippen molar-refractivity contribution in [1.82, 2.24) is 24.7 Å². The molecule has 2 aromatic rings. The second-order valence-corrected chi connectivity index (χ2v) is 5.03. The lowest BCUT2D eigenvalue weighted by atomic mass is 10.1. The number of anilines is 2. The normalized spacial score (nSPS) is 17.1. The summed E-state index contributed by atoms with van der Waals surface area (Å²) in [4.78, 5) is 10.9. The molecule has 2 aromatic heterocycles. The van der Waals surface area contributed by atoms with E-state index in [1.54, 1.807) is 12.5 Å². The van der Waals surface area contributed by atoms with E-state index in [2.05, 4.69) is 51.3 Å². The summed E-state index contributed by atoms with van der Waals surface area (Å²) in [5.74, 6) is 7.60. The Labute approximate surface area is 117 Å². The summed E-state index contributed by atoms with van der Waals surface area (Å²) in [5, 5.41) is 8.29. The zero-order valence-corrected chi connectivity index (χ0v) is 11.8. The van der Waals surface area contributed by atoms with E-state index < -0.39 is 0 Å². The van der Waals surface area contributed by atoms with Crippen molar-refractivity contribution >= 4 is 11.8 Å². The largest absolute Gasteiger partial charge is 0.342 e. The minimum Gasteiger partial charge on any atom is -0.342 e. The molecule has 8 nitrogen and oxygen atoms in total. The molecule has 0 saturated heterocycles. The number of nitrogens with zero attached hydrogens (tertiary/aromatic N) is 6. The predicted molar refractivity (Wildman–Crippen MR) is 75.4 cm³/mol. The second-order valence-electron chi connectivity index (χ2n) is 5.03. The van der Waals surface area contributed by atoms with Crippen LogP contribution in [-0.2, 0) is 0 Å². The van der Waals surface area contributed by atoms with Crippen LogP contribution in [0.5, 0.6) is 0 Å². The van der Waals surface area contributed by atoms with Gasteiger partial charge in [-0.25, -0.2) is 10.8 Å². The highest BCUT2D eigenvalue weighted by molar-refractivity contribution is 5.63. The van der Waals surface area contributed by atoms with Gasteiger partial charge in [-0.15, -0.1) is 10.2 Å². The van der Waals surface area contributed by atoms with Gasteiger partial charge in [-0.1, -0.05) is 6.92 Å². The minimum absolute atomic E-state index is 0.144. The van der Waals surface area contributed by atoms with Crippen LogP contribution in [0, 0.1) is 0 Å². The van der Waals surface area contributed by atoms with Crippen molar-refractivity contribution in [3.05, 3.63) is 18.3 Å². The van der Waals surface area contributed by atoms with E-state index in [-0.39, 0.29) is 12.1 Å². The molecule has 0 bridgehead atoms. The zero-order valence-electron chi connectivity index (χ0n) is 11.8. The fraction of sp³-hybridized carbons (Fsp3) is 0.500. The van der Waals surface area contributed by atoms with Crippen molar-refractivity contribution in [1.29, 1.82) is 0 Å². The van der Waals surface area contributed by atoms with Gasteiger partial charge in [0.1, 0.15) is 12.0 Å². The first-order valence-electron chi connectivity index (χ1n) is 6.69.